The minimum Gasteiger partial charge on any atom is -0.388 e. The summed E-state index contributed by atoms with van der Waals surface area (Å²) in [4.78, 5) is 11.8. The molecule has 0 fully saturated rings. The van der Waals surface area contributed by atoms with E-state index in [-0.39, 0.29) is 12.3 Å². The monoisotopic (exact) mass is 333 g/mol. The fraction of sp³-hybridized carbons (Fsp3) is 0.278. The zero-order chi connectivity index (χ0) is 16.7. The van der Waals surface area contributed by atoms with Crippen LogP contribution in [-0.2, 0) is 4.79 Å². The first kappa shape index (κ1) is 17.5. The molecule has 23 heavy (non-hydrogen) atoms. The normalized spacial score (nSPS) is 13.3. The minimum absolute atomic E-state index is 0.0247. The van der Waals surface area contributed by atoms with Gasteiger partial charge in [-0.2, -0.15) is 0 Å². The number of benzene rings is 2. The molecule has 0 aromatic heterocycles. The van der Waals surface area contributed by atoms with Gasteiger partial charge in [0.05, 0.1) is 18.6 Å². The van der Waals surface area contributed by atoms with E-state index in [1.807, 2.05) is 30.3 Å². The lowest BCUT2D eigenvalue weighted by atomic mass is 10.1. The number of nitrogens with one attached hydrogen (secondary N) is 1. The van der Waals surface area contributed by atoms with Crippen molar-refractivity contribution in [2.24, 2.45) is 0 Å². The van der Waals surface area contributed by atoms with Crippen molar-refractivity contribution in [1.29, 1.82) is 0 Å². The molecule has 0 spiro atoms. The summed E-state index contributed by atoms with van der Waals surface area (Å²) in [5.41, 5.74) is 1.47. The van der Waals surface area contributed by atoms with Gasteiger partial charge < -0.3 is 15.5 Å². The first-order valence-corrected chi connectivity index (χ1v) is 7.87. The van der Waals surface area contributed by atoms with Crippen LogP contribution in [0.5, 0.6) is 0 Å². The Bertz CT molecular complexity index is 616. The molecule has 122 valence electrons. The van der Waals surface area contributed by atoms with Gasteiger partial charge in [0.25, 0.3) is 0 Å². The maximum Gasteiger partial charge on any atom is 0.222 e. The van der Waals surface area contributed by atoms with E-state index < -0.39 is 12.2 Å². The van der Waals surface area contributed by atoms with Gasteiger partial charge >= 0.3 is 0 Å². The van der Waals surface area contributed by atoms with Crippen LogP contribution < -0.4 is 5.32 Å². The Kier molecular flexibility index (Phi) is 6.59. The van der Waals surface area contributed by atoms with Gasteiger partial charge in [0.2, 0.25) is 5.91 Å². The van der Waals surface area contributed by atoms with Crippen LogP contribution in [-0.4, -0.2) is 22.7 Å². The third kappa shape index (κ3) is 5.67. The number of aliphatic hydroxyl groups is 2. The summed E-state index contributed by atoms with van der Waals surface area (Å²) < 4.78 is 0. The molecule has 2 atom stereocenters. The van der Waals surface area contributed by atoms with Crippen LogP contribution in [0.2, 0.25) is 5.02 Å². The third-order valence-corrected chi connectivity index (χ3v) is 3.81. The standard InChI is InChI=1S/C18H20ClNO3/c19-15-8-6-14(7-9-15)17(22)12-18(23)20-11-10-16(21)13-4-2-1-3-5-13/h1-9,16-17,21-22H,10-12H2,(H,20,23). The highest BCUT2D eigenvalue weighted by Gasteiger charge is 2.13. The van der Waals surface area contributed by atoms with Crippen molar-refractivity contribution in [2.45, 2.75) is 25.0 Å². The number of amides is 1. The maximum atomic E-state index is 11.8. The molecule has 0 heterocycles. The topological polar surface area (TPSA) is 69.6 Å². The summed E-state index contributed by atoms with van der Waals surface area (Å²) in [6.07, 6.45) is -1.08. The Morgan fingerprint density at radius 3 is 2.22 bits per heavy atom. The van der Waals surface area contributed by atoms with Gasteiger partial charge in [-0.3, -0.25) is 4.79 Å². The number of hydrogen-bond donors (Lipinski definition) is 3. The lowest BCUT2D eigenvalue weighted by Gasteiger charge is -2.13. The summed E-state index contributed by atoms with van der Waals surface area (Å²) in [5.74, 6) is -0.257. The molecule has 0 radical (unpaired) electrons. The Labute approximate surface area is 140 Å². The van der Waals surface area contributed by atoms with Gasteiger partial charge in [0.1, 0.15) is 0 Å². The summed E-state index contributed by atoms with van der Waals surface area (Å²) in [6.45, 7) is 0.349. The zero-order valence-corrected chi connectivity index (χ0v) is 13.4. The molecule has 0 aliphatic rings. The quantitative estimate of drug-likeness (QED) is 0.729. The predicted molar refractivity (Wildman–Crippen MR) is 90.1 cm³/mol. The van der Waals surface area contributed by atoms with E-state index in [9.17, 15) is 15.0 Å². The first-order chi connectivity index (χ1) is 11.1. The SMILES string of the molecule is O=C(CC(O)c1ccc(Cl)cc1)NCCC(O)c1ccccc1. The molecular formula is C18H20ClNO3. The van der Waals surface area contributed by atoms with Crippen molar-refractivity contribution < 1.29 is 15.0 Å². The van der Waals surface area contributed by atoms with Gasteiger partial charge in [-0.15, -0.1) is 0 Å². The fourth-order valence-corrected chi connectivity index (χ4v) is 2.37. The second-order valence-corrected chi connectivity index (χ2v) is 5.77. The van der Waals surface area contributed by atoms with E-state index in [0.29, 0.717) is 23.6 Å². The fourth-order valence-electron chi connectivity index (χ4n) is 2.24. The second-order valence-electron chi connectivity index (χ2n) is 5.34. The van der Waals surface area contributed by atoms with Crippen LogP contribution in [0, 0.1) is 0 Å². The van der Waals surface area contributed by atoms with Crippen LogP contribution in [0.15, 0.2) is 54.6 Å². The van der Waals surface area contributed by atoms with E-state index in [1.165, 1.54) is 0 Å². The second kappa shape index (κ2) is 8.67. The van der Waals surface area contributed by atoms with Gasteiger partial charge in [-0.25, -0.2) is 0 Å². The molecule has 2 unspecified atom stereocenters. The van der Waals surface area contributed by atoms with Crippen LogP contribution in [0.1, 0.15) is 36.2 Å². The molecule has 3 N–H and O–H groups in total. The van der Waals surface area contributed by atoms with Crippen LogP contribution >= 0.6 is 11.6 Å². The van der Waals surface area contributed by atoms with Crippen molar-refractivity contribution in [2.75, 3.05) is 6.54 Å². The molecule has 0 bridgehead atoms. The average Bonchev–Trinajstić information content (AvgIpc) is 2.56. The molecule has 0 saturated heterocycles. The maximum absolute atomic E-state index is 11.8. The molecule has 0 saturated carbocycles. The third-order valence-electron chi connectivity index (χ3n) is 3.56. The van der Waals surface area contributed by atoms with E-state index in [2.05, 4.69) is 5.32 Å². The highest BCUT2D eigenvalue weighted by Crippen LogP contribution is 2.19. The Balaban J connectivity index is 1.73. The molecular weight excluding hydrogens is 314 g/mol. The molecule has 1 amide bonds. The number of carbonyl (C=O) groups is 1. The molecule has 2 rings (SSSR count). The van der Waals surface area contributed by atoms with E-state index in [4.69, 9.17) is 11.6 Å². The first-order valence-electron chi connectivity index (χ1n) is 7.49. The lowest BCUT2D eigenvalue weighted by molar-refractivity contribution is -0.123. The summed E-state index contributed by atoms with van der Waals surface area (Å²) >= 11 is 5.79. The van der Waals surface area contributed by atoms with Gasteiger partial charge in [0.15, 0.2) is 0 Å². The van der Waals surface area contributed by atoms with Crippen LogP contribution in [0.3, 0.4) is 0 Å². The minimum atomic E-state index is -0.869. The molecule has 5 heteroatoms. The van der Waals surface area contributed by atoms with Crippen molar-refractivity contribution in [1.82, 2.24) is 5.32 Å². The molecule has 0 aliphatic carbocycles. The summed E-state index contributed by atoms with van der Waals surface area (Å²) in [5, 5.41) is 23.3. The number of halogens is 1. The predicted octanol–water partition coefficient (Wildman–Crippen LogP) is 3.00. The molecule has 0 aliphatic heterocycles. The molecule has 2 aromatic rings. The Morgan fingerprint density at radius 1 is 0.957 bits per heavy atom. The Hall–Kier alpha value is -1.88. The molecule has 2 aromatic carbocycles. The van der Waals surface area contributed by atoms with E-state index >= 15 is 0 Å². The Morgan fingerprint density at radius 2 is 1.57 bits per heavy atom. The van der Waals surface area contributed by atoms with Gasteiger partial charge in [-0.05, 0) is 29.7 Å². The van der Waals surface area contributed by atoms with Gasteiger partial charge in [-0.1, -0.05) is 54.1 Å². The largest absolute Gasteiger partial charge is 0.388 e. The zero-order valence-electron chi connectivity index (χ0n) is 12.7. The number of rotatable bonds is 7. The highest BCUT2D eigenvalue weighted by atomic mass is 35.5. The average molecular weight is 334 g/mol. The number of aliphatic hydroxyl groups excluding tert-OH is 2. The highest BCUT2D eigenvalue weighted by molar-refractivity contribution is 6.30. The lowest BCUT2D eigenvalue weighted by Crippen LogP contribution is -2.27. The van der Waals surface area contributed by atoms with Crippen molar-refractivity contribution in [3.8, 4) is 0 Å². The smallest absolute Gasteiger partial charge is 0.222 e. The van der Waals surface area contributed by atoms with Crippen molar-refractivity contribution >= 4 is 17.5 Å². The van der Waals surface area contributed by atoms with Crippen LogP contribution in [0.25, 0.3) is 0 Å². The van der Waals surface area contributed by atoms with Gasteiger partial charge in [0, 0.05) is 11.6 Å². The summed E-state index contributed by atoms with van der Waals surface area (Å²) in [7, 11) is 0. The number of carbonyl (C=O) groups excluding carboxylic acids is 1. The van der Waals surface area contributed by atoms with E-state index in [1.54, 1.807) is 24.3 Å². The van der Waals surface area contributed by atoms with E-state index in [0.717, 1.165) is 5.56 Å². The summed E-state index contributed by atoms with van der Waals surface area (Å²) in [6, 6.07) is 16.0. The number of hydrogen-bond acceptors (Lipinski definition) is 3. The van der Waals surface area contributed by atoms with Crippen molar-refractivity contribution in [3.05, 3.63) is 70.7 Å². The van der Waals surface area contributed by atoms with Crippen molar-refractivity contribution in [3.63, 3.8) is 0 Å². The molecule has 4 nitrogen and oxygen atoms in total. The van der Waals surface area contributed by atoms with Crippen LogP contribution in [0.4, 0.5) is 0 Å².